The van der Waals surface area contributed by atoms with Crippen LogP contribution in [-0.4, -0.2) is 24.8 Å². The van der Waals surface area contributed by atoms with Gasteiger partial charge in [0.1, 0.15) is 0 Å². The maximum Gasteiger partial charge on any atom is 0.262 e. The lowest BCUT2D eigenvalue weighted by molar-refractivity contribution is -0.162. The Morgan fingerprint density at radius 2 is 2.29 bits per heavy atom. The van der Waals surface area contributed by atoms with Gasteiger partial charge in [-0.25, -0.2) is 4.99 Å². The number of methoxy groups -OCH3 is 1. The van der Waals surface area contributed by atoms with Crippen LogP contribution in [0.2, 0.25) is 0 Å². The molecule has 0 saturated heterocycles. The van der Waals surface area contributed by atoms with E-state index in [1.54, 1.807) is 0 Å². The molecular formula is C4H9NO2. The lowest BCUT2D eigenvalue weighted by atomic mass is 10.6. The Morgan fingerprint density at radius 3 is 2.29 bits per heavy atom. The van der Waals surface area contributed by atoms with Gasteiger partial charge in [0, 0.05) is 14.0 Å². The van der Waals surface area contributed by atoms with E-state index < -0.39 is 5.91 Å². The number of hydrogen-bond acceptors (Lipinski definition) is 3. The van der Waals surface area contributed by atoms with E-state index in [0.29, 0.717) is 0 Å². The molecule has 3 nitrogen and oxygen atoms in total. The predicted octanol–water partition coefficient (Wildman–Crippen LogP) is -0.000600. The van der Waals surface area contributed by atoms with Crippen molar-refractivity contribution in [2.45, 2.75) is 12.8 Å². The molecule has 0 amide bonds. The SMILES string of the molecule is C=NC(C)(O)OC. The van der Waals surface area contributed by atoms with Gasteiger partial charge in [-0.05, 0) is 6.72 Å². The highest BCUT2D eigenvalue weighted by Gasteiger charge is 2.12. The summed E-state index contributed by atoms with van der Waals surface area (Å²) in [5.41, 5.74) is 0. The normalized spacial score (nSPS) is 18.1. The highest BCUT2D eigenvalue weighted by Crippen LogP contribution is 2.01. The summed E-state index contributed by atoms with van der Waals surface area (Å²) in [5.74, 6) is -1.40. The van der Waals surface area contributed by atoms with Gasteiger partial charge in [-0.15, -0.1) is 0 Å². The topological polar surface area (TPSA) is 41.8 Å². The third kappa shape index (κ3) is 2.31. The molecule has 0 fully saturated rings. The lowest BCUT2D eigenvalue weighted by Gasteiger charge is -2.12. The zero-order chi connectivity index (χ0) is 5.91. The molecule has 0 bridgehead atoms. The van der Waals surface area contributed by atoms with Gasteiger partial charge in [0.15, 0.2) is 0 Å². The smallest absolute Gasteiger partial charge is 0.262 e. The molecule has 0 radical (unpaired) electrons. The van der Waals surface area contributed by atoms with E-state index in [0.717, 1.165) is 0 Å². The van der Waals surface area contributed by atoms with Crippen LogP contribution >= 0.6 is 0 Å². The monoisotopic (exact) mass is 103 g/mol. The molecule has 0 aliphatic carbocycles. The minimum absolute atomic E-state index is 1.36. The van der Waals surface area contributed by atoms with E-state index in [1.165, 1.54) is 14.0 Å². The van der Waals surface area contributed by atoms with Gasteiger partial charge in [0.2, 0.25) is 0 Å². The summed E-state index contributed by atoms with van der Waals surface area (Å²) in [4.78, 5) is 3.22. The minimum Gasteiger partial charge on any atom is -0.348 e. The first-order valence-corrected chi connectivity index (χ1v) is 1.88. The highest BCUT2D eigenvalue weighted by molar-refractivity contribution is 5.24. The highest BCUT2D eigenvalue weighted by atomic mass is 16.6. The zero-order valence-electron chi connectivity index (χ0n) is 4.51. The number of hydrogen-bond donors (Lipinski definition) is 1. The quantitative estimate of drug-likeness (QED) is 0.395. The number of ether oxygens (including phenoxy) is 1. The second kappa shape index (κ2) is 2.04. The second-order valence-electron chi connectivity index (χ2n) is 1.30. The summed E-state index contributed by atoms with van der Waals surface area (Å²) in [5, 5.41) is 8.68. The molecule has 0 rings (SSSR count). The van der Waals surface area contributed by atoms with E-state index in [9.17, 15) is 0 Å². The molecule has 0 aliphatic rings. The zero-order valence-corrected chi connectivity index (χ0v) is 4.51. The van der Waals surface area contributed by atoms with Crippen LogP contribution in [-0.2, 0) is 4.74 Å². The van der Waals surface area contributed by atoms with Gasteiger partial charge >= 0.3 is 0 Å². The molecule has 42 valence electrons. The third-order valence-corrected chi connectivity index (χ3v) is 0.680. The summed E-state index contributed by atoms with van der Waals surface area (Å²) in [6, 6.07) is 0. The Labute approximate surface area is 42.6 Å². The van der Waals surface area contributed by atoms with Crippen molar-refractivity contribution in [2.75, 3.05) is 7.11 Å². The Morgan fingerprint density at radius 1 is 1.86 bits per heavy atom. The number of nitrogens with zero attached hydrogens (tertiary/aromatic N) is 1. The molecule has 0 aliphatic heterocycles. The van der Waals surface area contributed by atoms with Crippen LogP contribution in [0.15, 0.2) is 4.99 Å². The largest absolute Gasteiger partial charge is 0.348 e. The van der Waals surface area contributed by atoms with Crippen molar-refractivity contribution in [2.24, 2.45) is 4.99 Å². The standard InChI is InChI=1S/C4H9NO2/c1-4(6,5-2)7-3/h6H,2H2,1,3H3. The van der Waals surface area contributed by atoms with Crippen LogP contribution in [0, 0.1) is 0 Å². The van der Waals surface area contributed by atoms with Crippen molar-refractivity contribution in [3.8, 4) is 0 Å². The first kappa shape index (κ1) is 6.59. The Balaban J connectivity index is 3.58. The van der Waals surface area contributed by atoms with Crippen LogP contribution < -0.4 is 0 Å². The summed E-state index contributed by atoms with van der Waals surface area (Å²) in [6.45, 7) is 4.48. The number of aliphatic imine (C=N–C) groups is 1. The van der Waals surface area contributed by atoms with E-state index in [4.69, 9.17) is 5.11 Å². The van der Waals surface area contributed by atoms with Gasteiger partial charge in [-0.1, -0.05) is 0 Å². The van der Waals surface area contributed by atoms with E-state index in [2.05, 4.69) is 16.4 Å². The van der Waals surface area contributed by atoms with Gasteiger partial charge in [-0.2, -0.15) is 0 Å². The fourth-order valence-corrected chi connectivity index (χ4v) is 0.0645. The van der Waals surface area contributed by atoms with Crippen LogP contribution in [0.25, 0.3) is 0 Å². The Kier molecular flexibility index (Phi) is 1.92. The number of rotatable bonds is 2. The average molecular weight is 103 g/mol. The van der Waals surface area contributed by atoms with Gasteiger partial charge in [0.05, 0.1) is 0 Å². The van der Waals surface area contributed by atoms with Crippen molar-refractivity contribution in [3.63, 3.8) is 0 Å². The predicted molar refractivity (Wildman–Crippen MR) is 27.2 cm³/mol. The lowest BCUT2D eigenvalue weighted by Crippen LogP contribution is -2.22. The third-order valence-electron chi connectivity index (χ3n) is 0.680. The molecule has 0 saturated carbocycles. The first-order valence-electron chi connectivity index (χ1n) is 1.88. The van der Waals surface area contributed by atoms with Crippen molar-refractivity contribution < 1.29 is 9.84 Å². The molecule has 0 heterocycles. The van der Waals surface area contributed by atoms with E-state index in [1.807, 2.05) is 0 Å². The molecule has 0 aromatic heterocycles. The van der Waals surface area contributed by atoms with Crippen LogP contribution in [0.1, 0.15) is 6.92 Å². The van der Waals surface area contributed by atoms with Gasteiger partial charge in [0.25, 0.3) is 5.91 Å². The number of aliphatic hydroxyl groups is 1. The van der Waals surface area contributed by atoms with Crippen LogP contribution in [0.4, 0.5) is 0 Å². The Hall–Kier alpha value is -0.410. The molecule has 7 heavy (non-hydrogen) atoms. The van der Waals surface area contributed by atoms with Gasteiger partial charge < -0.3 is 9.84 Å². The molecule has 0 spiro atoms. The maximum atomic E-state index is 8.68. The molecule has 1 atom stereocenters. The fourth-order valence-electron chi connectivity index (χ4n) is 0.0645. The van der Waals surface area contributed by atoms with Crippen molar-refractivity contribution in [1.82, 2.24) is 0 Å². The fraction of sp³-hybridized carbons (Fsp3) is 0.750. The van der Waals surface area contributed by atoms with Crippen molar-refractivity contribution in [3.05, 3.63) is 0 Å². The summed E-state index contributed by atoms with van der Waals surface area (Å²) >= 11 is 0. The second-order valence-corrected chi connectivity index (χ2v) is 1.30. The molecule has 0 aromatic rings. The molecule has 1 N–H and O–H groups in total. The summed E-state index contributed by atoms with van der Waals surface area (Å²) < 4.78 is 4.41. The minimum atomic E-state index is -1.40. The molecular weight excluding hydrogens is 94.0 g/mol. The van der Waals surface area contributed by atoms with Gasteiger partial charge in [-0.3, -0.25) is 0 Å². The van der Waals surface area contributed by atoms with E-state index >= 15 is 0 Å². The molecule has 0 aromatic carbocycles. The summed E-state index contributed by atoms with van der Waals surface area (Å²) in [7, 11) is 1.36. The molecule has 1 unspecified atom stereocenters. The first-order chi connectivity index (χ1) is 3.12. The average Bonchev–Trinajstić information content (AvgIpc) is 1.68. The molecule has 3 heteroatoms. The Bertz CT molecular complexity index is 70.1. The van der Waals surface area contributed by atoms with Crippen LogP contribution in [0.3, 0.4) is 0 Å². The maximum absolute atomic E-state index is 8.68. The van der Waals surface area contributed by atoms with Crippen molar-refractivity contribution in [1.29, 1.82) is 0 Å². The van der Waals surface area contributed by atoms with E-state index in [-0.39, 0.29) is 0 Å². The summed E-state index contributed by atoms with van der Waals surface area (Å²) in [6.07, 6.45) is 0. The van der Waals surface area contributed by atoms with Crippen LogP contribution in [0.5, 0.6) is 0 Å². The van der Waals surface area contributed by atoms with Crippen molar-refractivity contribution >= 4 is 6.72 Å².